The Bertz CT molecular complexity index is 659. The quantitative estimate of drug-likeness (QED) is 0.914. The van der Waals surface area contributed by atoms with Crippen molar-refractivity contribution < 1.29 is 0 Å². The Hall–Kier alpha value is -1.61. The van der Waals surface area contributed by atoms with E-state index in [0.717, 1.165) is 25.1 Å². The van der Waals surface area contributed by atoms with Gasteiger partial charge in [-0.2, -0.15) is 5.10 Å². The highest BCUT2D eigenvalue weighted by Gasteiger charge is 2.24. The Labute approximate surface area is 133 Å². The van der Waals surface area contributed by atoms with Crippen molar-refractivity contribution in [1.82, 2.24) is 9.78 Å². The Kier molecular flexibility index (Phi) is 3.85. The van der Waals surface area contributed by atoms with Gasteiger partial charge >= 0.3 is 0 Å². The lowest BCUT2D eigenvalue weighted by Gasteiger charge is -2.21. The van der Waals surface area contributed by atoms with Crippen LogP contribution >= 0.6 is 0 Å². The summed E-state index contributed by atoms with van der Waals surface area (Å²) >= 11 is 0. The first-order chi connectivity index (χ1) is 10.4. The summed E-state index contributed by atoms with van der Waals surface area (Å²) < 4.78 is 2.16. The molecule has 0 aliphatic heterocycles. The maximum absolute atomic E-state index is 6.27. The zero-order chi connectivity index (χ0) is 15.9. The van der Waals surface area contributed by atoms with Gasteiger partial charge in [0.05, 0.1) is 12.2 Å². The van der Waals surface area contributed by atoms with E-state index in [4.69, 9.17) is 10.8 Å². The molecule has 1 aliphatic carbocycles. The highest BCUT2D eigenvalue weighted by molar-refractivity contribution is 5.33. The second-order valence-electron chi connectivity index (χ2n) is 7.55. The highest BCUT2D eigenvalue weighted by Crippen LogP contribution is 2.31. The average molecular weight is 297 g/mol. The van der Waals surface area contributed by atoms with Gasteiger partial charge in [-0.05, 0) is 42.7 Å². The molecule has 1 unspecified atom stereocenters. The van der Waals surface area contributed by atoms with Crippen LogP contribution in [0, 0.1) is 6.92 Å². The zero-order valence-corrected chi connectivity index (χ0v) is 14.2. The van der Waals surface area contributed by atoms with E-state index in [1.165, 1.54) is 28.8 Å². The van der Waals surface area contributed by atoms with Gasteiger partial charge in [0.25, 0.3) is 0 Å². The third-order valence-corrected chi connectivity index (χ3v) is 4.73. The second-order valence-corrected chi connectivity index (χ2v) is 7.55. The maximum Gasteiger partial charge on any atom is 0.0662 e. The molecule has 22 heavy (non-hydrogen) atoms. The molecule has 3 rings (SSSR count). The molecule has 1 atom stereocenters. The van der Waals surface area contributed by atoms with E-state index >= 15 is 0 Å². The Balaban J connectivity index is 1.86. The lowest BCUT2D eigenvalue weighted by atomic mass is 9.87. The molecule has 2 aromatic rings. The van der Waals surface area contributed by atoms with E-state index < -0.39 is 0 Å². The fraction of sp³-hybridized carbons (Fsp3) is 0.526. The SMILES string of the molecule is Cc1nn(Cc2ccc(C(C)(C)C)cc2)c2c1C(N)CCC2. The molecule has 1 heterocycles. The van der Waals surface area contributed by atoms with Crippen LogP contribution in [0.15, 0.2) is 24.3 Å². The van der Waals surface area contributed by atoms with Crippen LogP contribution in [-0.4, -0.2) is 9.78 Å². The summed E-state index contributed by atoms with van der Waals surface area (Å²) in [6.45, 7) is 9.67. The van der Waals surface area contributed by atoms with E-state index in [2.05, 4.69) is 56.6 Å². The van der Waals surface area contributed by atoms with Gasteiger partial charge in [-0.3, -0.25) is 4.68 Å². The predicted octanol–water partition coefficient (Wildman–Crippen LogP) is 3.87. The second kappa shape index (κ2) is 5.54. The van der Waals surface area contributed by atoms with Gasteiger partial charge in [0, 0.05) is 17.3 Å². The van der Waals surface area contributed by atoms with Crippen molar-refractivity contribution in [3.05, 3.63) is 52.3 Å². The molecule has 3 nitrogen and oxygen atoms in total. The molecule has 0 spiro atoms. The molecule has 0 radical (unpaired) electrons. The minimum atomic E-state index is 0.167. The van der Waals surface area contributed by atoms with Crippen LogP contribution in [0.5, 0.6) is 0 Å². The van der Waals surface area contributed by atoms with Gasteiger partial charge in [-0.15, -0.1) is 0 Å². The molecular formula is C19H27N3. The number of hydrogen-bond acceptors (Lipinski definition) is 2. The summed E-state index contributed by atoms with van der Waals surface area (Å²) in [5.41, 5.74) is 12.9. The van der Waals surface area contributed by atoms with Gasteiger partial charge < -0.3 is 5.73 Å². The van der Waals surface area contributed by atoms with E-state index in [-0.39, 0.29) is 11.5 Å². The summed E-state index contributed by atoms with van der Waals surface area (Å²) in [7, 11) is 0. The third kappa shape index (κ3) is 2.82. The summed E-state index contributed by atoms with van der Waals surface area (Å²) in [5, 5.41) is 4.75. The molecule has 0 bridgehead atoms. The summed E-state index contributed by atoms with van der Waals surface area (Å²) in [4.78, 5) is 0. The molecule has 1 aliphatic rings. The zero-order valence-electron chi connectivity index (χ0n) is 14.2. The Morgan fingerprint density at radius 3 is 2.55 bits per heavy atom. The minimum Gasteiger partial charge on any atom is -0.324 e. The molecule has 0 amide bonds. The number of rotatable bonds is 2. The summed E-state index contributed by atoms with van der Waals surface area (Å²) in [5.74, 6) is 0. The fourth-order valence-corrected chi connectivity index (χ4v) is 3.44. The first-order valence-electron chi connectivity index (χ1n) is 8.27. The van der Waals surface area contributed by atoms with Crippen LogP contribution in [0.25, 0.3) is 0 Å². The number of nitrogens with zero attached hydrogens (tertiary/aromatic N) is 2. The molecule has 1 aromatic heterocycles. The smallest absolute Gasteiger partial charge is 0.0662 e. The number of fused-ring (bicyclic) bond motifs is 1. The molecule has 0 saturated carbocycles. The van der Waals surface area contributed by atoms with Gasteiger partial charge in [0.1, 0.15) is 0 Å². The van der Waals surface area contributed by atoms with Crippen LogP contribution in [0.4, 0.5) is 0 Å². The van der Waals surface area contributed by atoms with Gasteiger partial charge in [-0.25, -0.2) is 0 Å². The van der Waals surface area contributed by atoms with Crippen LogP contribution in [-0.2, 0) is 18.4 Å². The lowest BCUT2D eigenvalue weighted by molar-refractivity contribution is 0.537. The van der Waals surface area contributed by atoms with Crippen molar-refractivity contribution >= 4 is 0 Å². The first kappa shape index (κ1) is 15.3. The van der Waals surface area contributed by atoms with Crippen LogP contribution in [0.1, 0.15) is 67.7 Å². The number of hydrogen-bond donors (Lipinski definition) is 1. The van der Waals surface area contributed by atoms with Crippen LogP contribution in [0.2, 0.25) is 0 Å². The lowest BCUT2D eigenvalue weighted by Crippen LogP contribution is -2.19. The number of benzene rings is 1. The third-order valence-electron chi connectivity index (χ3n) is 4.73. The van der Waals surface area contributed by atoms with Crippen LogP contribution in [0.3, 0.4) is 0 Å². The molecular weight excluding hydrogens is 270 g/mol. The number of nitrogens with two attached hydrogens (primary N) is 1. The molecule has 2 N–H and O–H groups in total. The summed E-state index contributed by atoms with van der Waals surface area (Å²) in [6.07, 6.45) is 3.35. The van der Waals surface area contributed by atoms with E-state index in [1.54, 1.807) is 0 Å². The van der Waals surface area contributed by atoms with Crippen molar-refractivity contribution in [2.75, 3.05) is 0 Å². The monoisotopic (exact) mass is 297 g/mol. The maximum atomic E-state index is 6.27. The topological polar surface area (TPSA) is 43.8 Å². The molecule has 1 aromatic carbocycles. The van der Waals surface area contributed by atoms with Gasteiger partial charge in [0.15, 0.2) is 0 Å². The fourth-order valence-electron chi connectivity index (χ4n) is 3.44. The Morgan fingerprint density at radius 2 is 1.91 bits per heavy atom. The predicted molar refractivity (Wildman–Crippen MR) is 91.1 cm³/mol. The number of aromatic nitrogens is 2. The number of aryl methyl sites for hydroxylation is 1. The molecule has 0 fully saturated rings. The van der Waals surface area contributed by atoms with Gasteiger partial charge in [-0.1, -0.05) is 45.0 Å². The largest absolute Gasteiger partial charge is 0.324 e. The first-order valence-corrected chi connectivity index (χ1v) is 8.27. The highest BCUT2D eigenvalue weighted by atomic mass is 15.3. The van der Waals surface area contributed by atoms with E-state index in [9.17, 15) is 0 Å². The summed E-state index contributed by atoms with van der Waals surface area (Å²) in [6, 6.07) is 9.11. The molecule has 0 saturated heterocycles. The van der Waals surface area contributed by atoms with Crippen molar-refractivity contribution in [2.24, 2.45) is 5.73 Å². The molecule has 118 valence electrons. The Morgan fingerprint density at radius 1 is 1.23 bits per heavy atom. The van der Waals surface area contributed by atoms with Crippen LogP contribution < -0.4 is 5.73 Å². The average Bonchev–Trinajstić information content (AvgIpc) is 2.76. The van der Waals surface area contributed by atoms with Crippen molar-refractivity contribution in [2.45, 2.75) is 65.0 Å². The minimum absolute atomic E-state index is 0.167. The van der Waals surface area contributed by atoms with Gasteiger partial charge in [0.2, 0.25) is 0 Å². The normalized spacial score (nSPS) is 18.3. The van der Waals surface area contributed by atoms with E-state index in [1.807, 2.05) is 0 Å². The standard InChI is InChI=1S/C19H27N3/c1-13-18-16(20)6-5-7-17(18)22(21-13)12-14-8-10-15(11-9-14)19(2,3)4/h8-11,16H,5-7,12,20H2,1-4H3. The van der Waals surface area contributed by atoms with Crippen molar-refractivity contribution in [1.29, 1.82) is 0 Å². The van der Waals surface area contributed by atoms with E-state index in [0.29, 0.717) is 0 Å². The van der Waals surface area contributed by atoms with Crippen molar-refractivity contribution in [3.8, 4) is 0 Å². The molecule has 3 heteroatoms. The van der Waals surface area contributed by atoms with Crippen molar-refractivity contribution in [3.63, 3.8) is 0 Å².